The zero-order valence-corrected chi connectivity index (χ0v) is 12.7. The molecular weight excluding hydrogens is 266 g/mol. The lowest BCUT2D eigenvalue weighted by Gasteiger charge is -2.06. The van der Waals surface area contributed by atoms with E-state index < -0.39 is 0 Å². The molecule has 1 aromatic heterocycles. The van der Waals surface area contributed by atoms with Gasteiger partial charge in [-0.15, -0.1) is 0 Å². The van der Waals surface area contributed by atoms with Crippen LogP contribution in [0.5, 0.6) is 0 Å². The van der Waals surface area contributed by atoms with Gasteiger partial charge < -0.3 is 10.4 Å². The van der Waals surface area contributed by atoms with Crippen LogP contribution in [0.1, 0.15) is 28.1 Å². The number of carbonyl (C=O) groups excluding carboxylic acids is 1. The molecule has 0 atom stereocenters. The first-order valence-corrected chi connectivity index (χ1v) is 6.95. The summed E-state index contributed by atoms with van der Waals surface area (Å²) in [6.07, 6.45) is 0.347. The average molecular weight is 287 g/mol. The van der Waals surface area contributed by atoms with Crippen LogP contribution in [0.25, 0.3) is 0 Å². The van der Waals surface area contributed by atoms with Crippen LogP contribution in [-0.4, -0.2) is 20.8 Å². The number of benzene rings is 1. The zero-order chi connectivity index (χ0) is 15.4. The van der Waals surface area contributed by atoms with Gasteiger partial charge in [-0.2, -0.15) is 5.10 Å². The quantitative estimate of drug-likeness (QED) is 0.873. The number of aliphatic hydroxyl groups is 1. The standard InChI is InChI=1S/C16H21N3O2/c1-11-15(12(2)19(3)18-11)8-16(21)17-9-13-4-6-14(10-20)7-5-13/h4-7,20H,8-10H2,1-3H3,(H,17,21). The van der Waals surface area contributed by atoms with Crippen LogP contribution >= 0.6 is 0 Å². The Morgan fingerprint density at radius 3 is 2.38 bits per heavy atom. The number of hydrogen-bond acceptors (Lipinski definition) is 3. The predicted octanol–water partition coefficient (Wildman–Crippen LogP) is 1.39. The normalized spacial score (nSPS) is 10.7. The fourth-order valence-electron chi connectivity index (χ4n) is 2.26. The molecule has 1 aromatic carbocycles. The number of aryl methyl sites for hydroxylation is 2. The van der Waals surface area contributed by atoms with Crippen molar-refractivity contribution >= 4 is 5.91 Å². The van der Waals surface area contributed by atoms with E-state index in [1.165, 1.54) is 0 Å². The smallest absolute Gasteiger partial charge is 0.224 e. The van der Waals surface area contributed by atoms with Crippen molar-refractivity contribution in [2.75, 3.05) is 0 Å². The SMILES string of the molecule is Cc1nn(C)c(C)c1CC(=O)NCc1ccc(CO)cc1. The third kappa shape index (κ3) is 3.70. The molecule has 0 saturated carbocycles. The van der Waals surface area contributed by atoms with E-state index in [0.717, 1.165) is 28.1 Å². The van der Waals surface area contributed by atoms with Crippen LogP contribution in [0, 0.1) is 13.8 Å². The molecule has 0 spiro atoms. The van der Waals surface area contributed by atoms with Crippen molar-refractivity contribution in [1.82, 2.24) is 15.1 Å². The Labute approximate surface area is 124 Å². The average Bonchev–Trinajstić information content (AvgIpc) is 2.72. The molecule has 2 rings (SSSR count). The topological polar surface area (TPSA) is 67.2 Å². The van der Waals surface area contributed by atoms with Crippen molar-refractivity contribution in [2.24, 2.45) is 7.05 Å². The molecule has 1 heterocycles. The molecule has 5 heteroatoms. The fourth-order valence-corrected chi connectivity index (χ4v) is 2.26. The number of aromatic nitrogens is 2. The van der Waals surface area contributed by atoms with Gasteiger partial charge >= 0.3 is 0 Å². The predicted molar refractivity (Wildman–Crippen MR) is 80.6 cm³/mol. The highest BCUT2D eigenvalue weighted by atomic mass is 16.3. The molecule has 0 aliphatic carbocycles. The van der Waals surface area contributed by atoms with Crippen LogP contribution in [0.3, 0.4) is 0 Å². The van der Waals surface area contributed by atoms with Gasteiger partial charge in [-0.25, -0.2) is 0 Å². The second kappa shape index (κ2) is 6.54. The lowest BCUT2D eigenvalue weighted by Crippen LogP contribution is -2.25. The number of nitrogens with one attached hydrogen (secondary N) is 1. The van der Waals surface area contributed by atoms with Gasteiger partial charge in [-0.1, -0.05) is 24.3 Å². The van der Waals surface area contributed by atoms with Gasteiger partial charge in [-0.3, -0.25) is 9.48 Å². The van der Waals surface area contributed by atoms with E-state index in [-0.39, 0.29) is 12.5 Å². The first kappa shape index (κ1) is 15.3. The molecule has 0 fully saturated rings. The molecule has 2 N–H and O–H groups in total. The van der Waals surface area contributed by atoms with Gasteiger partial charge in [0.05, 0.1) is 18.7 Å². The molecular formula is C16H21N3O2. The summed E-state index contributed by atoms with van der Waals surface area (Å²) in [5.41, 5.74) is 4.80. The molecule has 0 unspecified atom stereocenters. The third-order valence-corrected chi connectivity index (χ3v) is 3.69. The molecule has 1 amide bonds. The van der Waals surface area contributed by atoms with E-state index in [9.17, 15) is 4.79 Å². The maximum absolute atomic E-state index is 12.0. The number of nitrogens with zero attached hydrogens (tertiary/aromatic N) is 2. The van der Waals surface area contributed by atoms with Crippen molar-refractivity contribution in [1.29, 1.82) is 0 Å². The zero-order valence-electron chi connectivity index (χ0n) is 12.7. The summed E-state index contributed by atoms with van der Waals surface area (Å²) in [6.45, 7) is 4.41. The molecule has 0 saturated heterocycles. The van der Waals surface area contributed by atoms with Crippen molar-refractivity contribution in [3.8, 4) is 0 Å². The second-order valence-corrected chi connectivity index (χ2v) is 5.20. The van der Waals surface area contributed by atoms with E-state index in [1.807, 2.05) is 45.2 Å². The van der Waals surface area contributed by atoms with Crippen LogP contribution in [-0.2, 0) is 31.4 Å². The van der Waals surface area contributed by atoms with Gasteiger partial charge in [0.25, 0.3) is 0 Å². The molecule has 0 aliphatic heterocycles. The maximum Gasteiger partial charge on any atom is 0.224 e. The molecule has 0 radical (unpaired) electrons. The number of amides is 1. The summed E-state index contributed by atoms with van der Waals surface area (Å²) in [6, 6.07) is 7.53. The van der Waals surface area contributed by atoms with Crippen LogP contribution < -0.4 is 5.32 Å². The molecule has 0 aliphatic rings. The highest BCUT2D eigenvalue weighted by Gasteiger charge is 2.13. The Morgan fingerprint density at radius 1 is 1.24 bits per heavy atom. The summed E-state index contributed by atoms with van der Waals surface area (Å²) in [5.74, 6) is -0.0135. The molecule has 0 bridgehead atoms. The first-order valence-electron chi connectivity index (χ1n) is 6.95. The van der Waals surface area contributed by atoms with Gasteiger partial charge in [0.1, 0.15) is 0 Å². The fraction of sp³-hybridized carbons (Fsp3) is 0.375. The largest absolute Gasteiger partial charge is 0.392 e. The van der Waals surface area contributed by atoms with Crippen molar-refractivity contribution in [3.63, 3.8) is 0 Å². The number of aliphatic hydroxyl groups excluding tert-OH is 1. The van der Waals surface area contributed by atoms with E-state index >= 15 is 0 Å². The molecule has 5 nitrogen and oxygen atoms in total. The van der Waals surface area contributed by atoms with Gasteiger partial charge in [-0.05, 0) is 25.0 Å². The third-order valence-electron chi connectivity index (χ3n) is 3.69. The molecule has 112 valence electrons. The lowest BCUT2D eigenvalue weighted by atomic mass is 10.1. The summed E-state index contributed by atoms with van der Waals surface area (Å²) in [5, 5.41) is 16.2. The monoisotopic (exact) mass is 287 g/mol. The number of rotatable bonds is 5. The first-order chi connectivity index (χ1) is 10.0. The Bertz CT molecular complexity index is 630. The molecule has 21 heavy (non-hydrogen) atoms. The Balaban J connectivity index is 1.92. The van der Waals surface area contributed by atoms with Crippen molar-refractivity contribution < 1.29 is 9.90 Å². The van der Waals surface area contributed by atoms with E-state index in [0.29, 0.717) is 13.0 Å². The van der Waals surface area contributed by atoms with Gasteiger partial charge in [0, 0.05) is 24.8 Å². The minimum atomic E-state index is -0.0135. The van der Waals surface area contributed by atoms with E-state index in [2.05, 4.69) is 10.4 Å². The van der Waals surface area contributed by atoms with Crippen LogP contribution in [0.15, 0.2) is 24.3 Å². The number of hydrogen-bond donors (Lipinski definition) is 2. The Hall–Kier alpha value is -2.14. The van der Waals surface area contributed by atoms with E-state index in [1.54, 1.807) is 4.68 Å². The maximum atomic E-state index is 12.0. The highest BCUT2D eigenvalue weighted by molar-refractivity contribution is 5.79. The summed E-state index contributed by atoms with van der Waals surface area (Å²) < 4.78 is 1.80. The Morgan fingerprint density at radius 2 is 1.86 bits per heavy atom. The summed E-state index contributed by atoms with van der Waals surface area (Å²) in [4.78, 5) is 12.0. The Kier molecular flexibility index (Phi) is 4.75. The summed E-state index contributed by atoms with van der Waals surface area (Å²) >= 11 is 0. The molecule has 2 aromatic rings. The number of carbonyl (C=O) groups is 1. The lowest BCUT2D eigenvalue weighted by molar-refractivity contribution is -0.120. The summed E-state index contributed by atoms with van der Waals surface area (Å²) in [7, 11) is 1.88. The minimum absolute atomic E-state index is 0.0135. The van der Waals surface area contributed by atoms with Crippen LogP contribution in [0.4, 0.5) is 0 Å². The van der Waals surface area contributed by atoms with Crippen molar-refractivity contribution in [2.45, 2.75) is 33.4 Å². The van der Waals surface area contributed by atoms with Gasteiger partial charge in [0.2, 0.25) is 5.91 Å². The van der Waals surface area contributed by atoms with Gasteiger partial charge in [0.15, 0.2) is 0 Å². The highest BCUT2D eigenvalue weighted by Crippen LogP contribution is 2.12. The second-order valence-electron chi connectivity index (χ2n) is 5.20. The van der Waals surface area contributed by atoms with E-state index in [4.69, 9.17) is 5.11 Å². The van der Waals surface area contributed by atoms with Crippen molar-refractivity contribution in [3.05, 3.63) is 52.3 Å². The minimum Gasteiger partial charge on any atom is -0.392 e. The van der Waals surface area contributed by atoms with Crippen LogP contribution in [0.2, 0.25) is 0 Å².